The average Bonchev–Trinajstić information content (AvgIpc) is 3.35. The zero-order valence-electron chi connectivity index (χ0n) is 19.0. The smallest absolute Gasteiger partial charge is 0.317 e. The first-order valence-electron chi connectivity index (χ1n) is 11.4. The van der Waals surface area contributed by atoms with Crippen LogP contribution in [0.25, 0.3) is 22.6 Å². The lowest BCUT2D eigenvalue weighted by Crippen LogP contribution is -2.32. The number of aromatic nitrogens is 3. The Labute approximate surface area is 206 Å². The number of anilines is 2. The Kier molecular flexibility index (Phi) is 5.51. The number of aliphatic imine (C=N–C) groups is 1. The predicted molar refractivity (Wildman–Crippen MR) is 138 cm³/mol. The van der Waals surface area contributed by atoms with E-state index in [1.54, 1.807) is 12.4 Å². The number of benzodiazepines with no additional fused rings is 1. The predicted octanol–water partition coefficient (Wildman–Crippen LogP) is 5.03. The van der Waals surface area contributed by atoms with Gasteiger partial charge in [-0.15, -0.1) is 5.10 Å². The molecule has 0 spiro atoms. The fourth-order valence-electron chi connectivity index (χ4n) is 4.14. The van der Waals surface area contributed by atoms with E-state index in [-0.39, 0.29) is 11.9 Å². The summed E-state index contributed by atoms with van der Waals surface area (Å²) in [5, 5.41) is 14.3. The van der Waals surface area contributed by atoms with Crippen LogP contribution in [0.3, 0.4) is 0 Å². The molecule has 0 fully saturated rings. The Hall–Kier alpha value is -5.11. The van der Waals surface area contributed by atoms with E-state index in [9.17, 15) is 4.79 Å². The monoisotopic (exact) mass is 472 g/mol. The summed E-state index contributed by atoms with van der Waals surface area (Å²) >= 11 is 0. The summed E-state index contributed by atoms with van der Waals surface area (Å²) < 4.78 is 5.94. The molecule has 174 valence electrons. The van der Waals surface area contributed by atoms with Gasteiger partial charge < -0.3 is 15.1 Å². The van der Waals surface area contributed by atoms with Crippen molar-refractivity contribution in [1.29, 1.82) is 0 Å². The van der Waals surface area contributed by atoms with Gasteiger partial charge >= 0.3 is 6.01 Å². The lowest BCUT2D eigenvalue weighted by Gasteiger charge is -2.11. The Bertz CT molecular complexity index is 1560. The van der Waals surface area contributed by atoms with Crippen LogP contribution in [0, 0.1) is 0 Å². The summed E-state index contributed by atoms with van der Waals surface area (Å²) in [6.07, 6.45) is 2.49. The first-order valence-corrected chi connectivity index (χ1v) is 11.4. The van der Waals surface area contributed by atoms with Gasteiger partial charge in [0.2, 0.25) is 12.1 Å². The molecule has 1 atom stereocenters. The topological polar surface area (TPSA) is 105 Å². The van der Waals surface area contributed by atoms with Crippen molar-refractivity contribution in [2.24, 2.45) is 4.99 Å². The largest absolute Gasteiger partial charge is 0.403 e. The molecule has 1 unspecified atom stereocenters. The van der Waals surface area contributed by atoms with Gasteiger partial charge in [0.1, 0.15) is 0 Å². The van der Waals surface area contributed by atoms with Crippen LogP contribution in [0.15, 0.2) is 113 Å². The highest BCUT2D eigenvalue weighted by atomic mass is 16.4. The van der Waals surface area contributed by atoms with E-state index in [0.29, 0.717) is 17.3 Å². The summed E-state index contributed by atoms with van der Waals surface area (Å²) in [7, 11) is 0. The summed E-state index contributed by atoms with van der Waals surface area (Å²) in [5.41, 5.74) is 5.78. The maximum absolute atomic E-state index is 13.1. The van der Waals surface area contributed by atoms with Crippen LogP contribution >= 0.6 is 0 Å². The Morgan fingerprint density at radius 3 is 2.22 bits per heavy atom. The van der Waals surface area contributed by atoms with Crippen LogP contribution in [0.5, 0.6) is 0 Å². The SMILES string of the molecule is O=C1Nc2ccccc2C(c2ccccc2)=NC1Nc1nnc(-c2ccccc2-c2ccncc2)o1. The summed E-state index contributed by atoms with van der Waals surface area (Å²) in [6, 6.07) is 29.0. The molecule has 0 bridgehead atoms. The van der Waals surface area contributed by atoms with Crippen molar-refractivity contribution in [3.05, 3.63) is 115 Å². The van der Waals surface area contributed by atoms with Crippen LogP contribution < -0.4 is 10.6 Å². The second-order valence-corrected chi connectivity index (χ2v) is 8.12. The van der Waals surface area contributed by atoms with Gasteiger partial charge in [-0.05, 0) is 35.4 Å². The number of benzene rings is 3. The molecule has 2 aromatic heterocycles. The summed E-state index contributed by atoms with van der Waals surface area (Å²) in [4.78, 5) is 22.0. The number of carbonyl (C=O) groups is 1. The van der Waals surface area contributed by atoms with E-state index in [0.717, 1.165) is 27.8 Å². The molecular weight excluding hydrogens is 452 g/mol. The lowest BCUT2D eigenvalue weighted by molar-refractivity contribution is -0.116. The van der Waals surface area contributed by atoms with E-state index in [2.05, 4.69) is 25.8 Å². The minimum Gasteiger partial charge on any atom is -0.403 e. The zero-order chi connectivity index (χ0) is 24.3. The van der Waals surface area contributed by atoms with Crippen LogP contribution in [0.4, 0.5) is 11.7 Å². The van der Waals surface area contributed by atoms with Crippen molar-refractivity contribution in [3.8, 4) is 22.6 Å². The number of hydrogen-bond acceptors (Lipinski definition) is 7. The third-order valence-electron chi connectivity index (χ3n) is 5.83. The second kappa shape index (κ2) is 9.27. The van der Waals surface area contributed by atoms with Crippen molar-refractivity contribution in [1.82, 2.24) is 15.2 Å². The van der Waals surface area contributed by atoms with E-state index in [1.807, 2.05) is 91.0 Å². The number of fused-ring (bicyclic) bond motifs is 1. The molecule has 1 aliphatic rings. The highest BCUT2D eigenvalue weighted by Crippen LogP contribution is 2.32. The molecule has 2 N–H and O–H groups in total. The number of carbonyl (C=O) groups excluding carboxylic acids is 1. The maximum Gasteiger partial charge on any atom is 0.317 e. The number of amides is 1. The molecule has 0 aliphatic carbocycles. The van der Waals surface area contributed by atoms with Crippen molar-refractivity contribution in [2.75, 3.05) is 10.6 Å². The van der Waals surface area contributed by atoms with Gasteiger partial charge in [-0.3, -0.25) is 9.78 Å². The Morgan fingerprint density at radius 2 is 1.42 bits per heavy atom. The molecule has 1 amide bonds. The summed E-state index contributed by atoms with van der Waals surface area (Å²) in [5.74, 6) is -0.000178. The molecule has 3 heterocycles. The van der Waals surface area contributed by atoms with Gasteiger partial charge in [-0.2, -0.15) is 0 Å². The van der Waals surface area contributed by atoms with Crippen LogP contribution in [-0.4, -0.2) is 33.0 Å². The first kappa shape index (κ1) is 21.4. The first-order chi connectivity index (χ1) is 17.8. The van der Waals surface area contributed by atoms with E-state index < -0.39 is 6.17 Å². The molecule has 0 radical (unpaired) electrons. The van der Waals surface area contributed by atoms with Crippen molar-refractivity contribution in [3.63, 3.8) is 0 Å². The number of para-hydroxylation sites is 1. The fourth-order valence-corrected chi connectivity index (χ4v) is 4.14. The number of rotatable bonds is 5. The number of nitrogens with zero attached hydrogens (tertiary/aromatic N) is 4. The van der Waals surface area contributed by atoms with Gasteiger partial charge in [-0.1, -0.05) is 71.8 Å². The van der Waals surface area contributed by atoms with Gasteiger partial charge in [0.25, 0.3) is 5.91 Å². The van der Waals surface area contributed by atoms with Crippen LogP contribution in [0.2, 0.25) is 0 Å². The minimum atomic E-state index is -0.976. The van der Waals surface area contributed by atoms with Gasteiger partial charge in [0.15, 0.2) is 0 Å². The lowest BCUT2D eigenvalue weighted by atomic mass is 10.0. The molecule has 8 nitrogen and oxygen atoms in total. The van der Waals surface area contributed by atoms with Crippen LogP contribution in [-0.2, 0) is 4.79 Å². The molecular formula is C28H20N6O2. The molecule has 6 rings (SSSR count). The fraction of sp³-hybridized carbons (Fsp3) is 0.0357. The highest BCUT2D eigenvalue weighted by Gasteiger charge is 2.27. The third-order valence-corrected chi connectivity index (χ3v) is 5.83. The molecule has 1 aliphatic heterocycles. The molecule has 0 saturated heterocycles. The molecule has 8 heteroatoms. The van der Waals surface area contributed by atoms with E-state index >= 15 is 0 Å². The molecule has 36 heavy (non-hydrogen) atoms. The minimum absolute atomic E-state index is 0.0943. The van der Waals surface area contributed by atoms with Crippen molar-refractivity contribution in [2.45, 2.75) is 6.17 Å². The van der Waals surface area contributed by atoms with Gasteiger partial charge in [-0.25, -0.2) is 4.99 Å². The Morgan fingerprint density at radius 1 is 0.722 bits per heavy atom. The highest BCUT2D eigenvalue weighted by molar-refractivity contribution is 6.19. The van der Waals surface area contributed by atoms with Crippen LogP contribution in [0.1, 0.15) is 11.1 Å². The number of nitrogens with one attached hydrogen (secondary N) is 2. The number of hydrogen-bond donors (Lipinski definition) is 2. The van der Waals surface area contributed by atoms with Crippen molar-refractivity contribution < 1.29 is 9.21 Å². The van der Waals surface area contributed by atoms with Gasteiger partial charge in [0, 0.05) is 29.1 Å². The zero-order valence-corrected chi connectivity index (χ0v) is 19.0. The molecule has 3 aromatic carbocycles. The molecule has 0 saturated carbocycles. The quantitative estimate of drug-likeness (QED) is 0.372. The third kappa shape index (κ3) is 4.12. The molecule has 5 aromatic rings. The number of pyridine rings is 1. The van der Waals surface area contributed by atoms with E-state index in [4.69, 9.17) is 9.41 Å². The van der Waals surface area contributed by atoms with Gasteiger partial charge in [0.05, 0.1) is 11.4 Å². The second-order valence-electron chi connectivity index (χ2n) is 8.12. The maximum atomic E-state index is 13.1. The Balaban J connectivity index is 1.35. The standard InChI is InChI=1S/C28H20N6O2/c35-26-25(31-24(19-8-2-1-3-9-19)22-12-6-7-13-23(22)30-26)32-28-34-33-27(36-28)21-11-5-4-10-20(21)18-14-16-29-17-15-18/h1-17,25H,(H,30,35)(H,32,34). The van der Waals surface area contributed by atoms with Crippen molar-refractivity contribution >= 4 is 23.3 Å². The average molecular weight is 473 g/mol. The summed E-state index contributed by atoms with van der Waals surface area (Å²) in [6.45, 7) is 0. The normalized spacial score (nSPS) is 14.8. The van der Waals surface area contributed by atoms with E-state index in [1.165, 1.54) is 0 Å².